The van der Waals surface area contributed by atoms with Gasteiger partial charge in [-0.25, -0.2) is 8.78 Å². The summed E-state index contributed by atoms with van der Waals surface area (Å²) in [7, 11) is 0. The molecule has 0 radical (unpaired) electrons. The first-order valence-corrected chi connectivity index (χ1v) is 4.29. The minimum atomic E-state index is -4.90. The summed E-state index contributed by atoms with van der Waals surface area (Å²) < 4.78 is 62.6. The maximum atomic E-state index is 13.3. The maximum absolute atomic E-state index is 13.3. The minimum absolute atomic E-state index is 0.495. The zero-order valence-electron chi connectivity index (χ0n) is 8.11. The lowest BCUT2D eigenvalue weighted by Crippen LogP contribution is -2.17. The topological polar surface area (TPSA) is 17.1 Å². The van der Waals surface area contributed by atoms with Crippen LogP contribution in [0.25, 0.3) is 0 Å². The molecule has 1 rings (SSSR count). The number of carbonyl (C=O) groups excluding carboxylic acids is 1. The van der Waals surface area contributed by atoms with Crippen LogP contribution in [0.4, 0.5) is 22.0 Å². The number of hydrogen-bond acceptors (Lipinski definition) is 1. The molecule has 0 aliphatic carbocycles. The van der Waals surface area contributed by atoms with Gasteiger partial charge in [0.25, 0.3) is 0 Å². The monoisotopic (exact) mass is 238 g/mol. The van der Waals surface area contributed by atoms with Crippen LogP contribution in [0.15, 0.2) is 18.2 Å². The van der Waals surface area contributed by atoms with Crippen molar-refractivity contribution in [2.75, 3.05) is 0 Å². The molecule has 1 unspecified atom stereocenters. The first-order valence-electron chi connectivity index (χ1n) is 4.29. The van der Waals surface area contributed by atoms with Crippen LogP contribution in [-0.4, -0.2) is 12.0 Å². The van der Waals surface area contributed by atoms with Gasteiger partial charge in [0, 0.05) is 0 Å². The fraction of sp³-hybridized carbons (Fsp3) is 0.300. The van der Waals surface area contributed by atoms with Crippen molar-refractivity contribution < 1.29 is 26.7 Å². The van der Waals surface area contributed by atoms with Gasteiger partial charge in [0.15, 0.2) is 12.0 Å². The molecule has 88 valence electrons. The molecule has 0 aromatic heterocycles. The highest BCUT2D eigenvalue weighted by atomic mass is 19.4. The van der Waals surface area contributed by atoms with Gasteiger partial charge >= 0.3 is 6.18 Å². The Balaban J connectivity index is 3.30. The van der Waals surface area contributed by atoms with Gasteiger partial charge in [-0.05, 0) is 19.1 Å². The Morgan fingerprint density at radius 1 is 1.31 bits per heavy atom. The van der Waals surface area contributed by atoms with E-state index >= 15 is 0 Å². The second kappa shape index (κ2) is 4.19. The summed E-state index contributed by atoms with van der Waals surface area (Å²) in [6.07, 6.45) is -6.95. The number of halogens is 5. The van der Waals surface area contributed by atoms with Crippen molar-refractivity contribution in [1.82, 2.24) is 0 Å². The second-order valence-corrected chi connectivity index (χ2v) is 3.15. The van der Waals surface area contributed by atoms with Gasteiger partial charge in [0.05, 0.1) is 11.1 Å². The number of Topliss-reactive ketones (excluding diaryl/α,β-unsaturated/α-hetero) is 1. The van der Waals surface area contributed by atoms with E-state index in [1.807, 2.05) is 0 Å². The molecular formula is C10H7F5O. The normalized spacial score (nSPS) is 13.6. The van der Waals surface area contributed by atoms with E-state index in [2.05, 4.69) is 0 Å². The zero-order valence-corrected chi connectivity index (χ0v) is 8.11. The first kappa shape index (κ1) is 12.6. The Morgan fingerprint density at radius 3 is 2.31 bits per heavy atom. The summed E-state index contributed by atoms with van der Waals surface area (Å²) in [5.41, 5.74) is -2.45. The summed E-state index contributed by atoms with van der Waals surface area (Å²) in [5, 5.41) is 0. The Bertz CT molecular complexity index is 408. The summed E-state index contributed by atoms with van der Waals surface area (Å²) in [6, 6.07) is 2.18. The number of hydrogen-bond donors (Lipinski definition) is 0. The van der Waals surface area contributed by atoms with E-state index in [0.717, 1.165) is 19.1 Å². The number of benzene rings is 1. The van der Waals surface area contributed by atoms with E-state index in [4.69, 9.17) is 0 Å². The summed E-state index contributed by atoms with van der Waals surface area (Å²) in [5.74, 6) is -3.03. The van der Waals surface area contributed by atoms with Crippen LogP contribution in [-0.2, 0) is 6.18 Å². The third kappa shape index (κ3) is 2.37. The third-order valence-electron chi connectivity index (χ3n) is 1.93. The smallest absolute Gasteiger partial charge is 0.291 e. The molecule has 0 spiro atoms. The third-order valence-corrected chi connectivity index (χ3v) is 1.93. The minimum Gasteiger partial charge on any atom is -0.291 e. The van der Waals surface area contributed by atoms with E-state index < -0.39 is 35.1 Å². The Kier molecular flexibility index (Phi) is 3.30. The van der Waals surface area contributed by atoms with E-state index in [9.17, 15) is 26.7 Å². The van der Waals surface area contributed by atoms with Crippen molar-refractivity contribution in [3.05, 3.63) is 35.1 Å². The van der Waals surface area contributed by atoms with E-state index in [0.29, 0.717) is 6.07 Å². The molecule has 0 saturated heterocycles. The quantitative estimate of drug-likeness (QED) is 0.570. The lowest BCUT2D eigenvalue weighted by molar-refractivity contribution is -0.140. The highest BCUT2D eigenvalue weighted by Gasteiger charge is 2.36. The lowest BCUT2D eigenvalue weighted by Gasteiger charge is -2.10. The van der Waals surface area contributed by atoms with E-state index in [1.165, 1.54) is 0 Å². The molecule has 0 heterocycles. The highest BCUT2D eigenvalue weighted by Crippen LogP contribution is 2.32. The molecule has 0 amide bonds. The molecule has 1 aromatic carbocycles. The molecule has 16 heavy (non-hydrogen) atoms. The Labute approximate surface area is 87.9 Å². The maximum Gasteiger partial charge on any atom is 0.419 e. The van der Waals surface area contributed by atoms with Crippen LogP contribution in [0.1, 0.15) is 22.8 Å². The highest BCUT2D eigenvalue weighted by molar-refractivity contribution is 5.99. The molecule has 1 aromatic rings. The van der Waals surface area contributed by atoms with Crippen LogP contribution in [0.5, 0.6) is 0 Å². The Hall–Kier alpha value is -1.46. The molecule has 0 N–H and O–H groups in total. The van der Waals surface area contributed by atoms with Gasteiger partial charge in [-0.3, -0.25) is 4.79 Å². The van der Waals surface area contributed by atoms with Crippen molar-refractivity contribution >= 4 is 5.78 Å². The standard InChI is InChI=1S/C10H7F5O/c1-5(11)9(16)6-3-2-4-7(8(6)12)10(13,14)15/h2-5H,1H3. The second-order valence-electron chi connectivity index (χ2n) is 3.15. The predicted octanol–water partition coefficient (Wildman–Crippen LogP) is 3.39. The average Bonchev–Trinajstić information content (AvgIpc) is 2.15. The van der Waals surface area contributed by atoms with Crippen LogP contribution < -0.4 is 0 Å². The lowest BCUT2D eigenvalue weighted by atomic mass is 10.0. The number of alkyl halides is 4. The largest absolute Gasteiger partial charge is 0.419 e. The van der Waals surface area contributed by atoms with E-state index in [-0.39, 0.29) is 0 Å². The summed E-state index contributed by atoms with van der Waals surface area (Å²) in [6.45, 7) is 0.835. The first-order chi connectivity index (χ1) is 7.25. The average molecular weight is 238 g/mol. The van der Waals surface area contributed by atoms with Crippen molar-refractivity contribution in [3.8, 4) is 0 Å². The van der Waals surface area contributed by atoms with Gasteiger partial charge in [0.2, 0.25) is 0 Å². The molecule has 6 heteroatoms. The van der Waals surface area contributed by atoms with E-state index in [1.54, 1.807) is 0 Å². The van der Waals surface area contributed by atoms with Gasteiger partial charge in [-0.1, -0.05) is 6.07 Å². The fourth-order valence-corrected chi connectivity index (χ4v) is 1.16. The molecular weight excluding hydrogens is 231 g/mol. The van der Waals surface area contributed by atoms with Crippen molar-refractivity contribution in [2.45, 2.75) is 19.3 Å². The SMILES string of the molecule is CC(F)C(=O)c1cccc(C(F)(F)F)c1F. The van der Waals surface area contributed by atoms with Crippen LogP contribution in [0.3, 0.4) is 0 Å². The molecule has 0 fully saturated rings. The predicted molar refractivity (Wildman–Crippen MR) is 46.3 cm³/mol. The number of ketones is 1. The molecule has 0 aliphatic rings. The van der Waals surface area contributed by atoms with Crippen LogP contribution in [0.2, 0.25) is 0 Å². The van der Waals surface area contributed by atoms with Crippen LogP contribution in [0, 0.1) is 5.82 Å². The number of carbonyl (C=O) groups is 1. The summed E-state index contributed by atoms with van der Waals surface area (Å²) in [4.78, 5) is 11.1. The van der Waals surface area contributed by atoms with Crippen molar-refractivity contribution in [1.29, 1.82) is 0 Å². The molecule has 0 aliphatic heterocycles. The molecule has 1 nitrogen and oxygen atoms in total. The number of rotatable bonds is 2. The van der Waals surface area contributed by atoms with Gasteiger partial charge in [-0.15, -0.1) is 0 Å². The van der Waals surface area contributed by atoms with Crippen molar-refractivity contribution in [2.24, 2.45) is 0 Å². The molecule has 0 saturated carbocycles. The van der Waals surface area contributed by atoms with Gasteiger partial charge in [-0.2, -0.15) is 13.2 Å². The molecule has 0 bridgehead atoms. The van der Waals surface area contributed by atoms with Crippen LogP contribution >= 0.6 is 0 Å². The Morgan fingerprint density at radius 2 is 1.88 bits per heavy atom. The van der Waals surface area contributed by atoms with Gasteiger partial charge < -0.3 is 0 Å². The summed E-state index contributed by atoms with van der Waals surface area (Å²) >= 11 is 0. The fourth-order valence-electron chi connectivity index (χ4n) is 1.16. The molecule has 1 atom stereocenters. The van der Waals surface area contributed by atoms with Gasteiger partial charge in [0.1, 0.15) is 5.82 Å². The zero-order chi connectivity index (χ0) is 12.5. The van der Waals surface area contributed by atoms with Crippen molar-refractivity contribution in [3.63, 3.8) is 0 Å².